The van der Waals surface area contributed by atoms with Crippen LogP contribution in [0.3, 0.4) is 0 Å². The van der Waals surface area contributed by atoms with Crippen LogP contribution in [-0.2, 0) is 14.3 Å². The number of nitrogens with one attached hydrogen (secondary N) is 1. The Kier molecular flexibility index (Phi) is 7.29. The molecule has 1 N–H and O–H groups in total. The minimum atomic E-state index is -0.503. The Morgan fingerprint density at radius 2 is 2.04 bits per heavy atom. The summed E-state index contributed by atoms with van der Waals surface area (Å²) in [5, 5.41) is 3.06. The SMILES string of the molecule is COC(=O)CNCC1=C(CN(C)C(=O)OC(C)(C)C)CCC=C1. The van der Waals surface area contributed by atoms with Gasteiger partial charge in [0, 0.05) is 20.1 Å². The summed E-state index contributed by atoms with van der Waals surface area (Å²) in [5.41, 5.74) is 1.78. The molecule has 0 heterocycles. The zero-order valence-corrected chi connectivity index (χ0v) is 14.8. The number of rotatable bonds is 6. The van der Waals surface area contributed by atoms with E-state index in [1.807, 2.05) is 26.8 Å². The molecular weight excluding hydrogens is 296 g/mol. The fourth-order valence-corrected chi connectivity index (χ4v) is 2.19. The van der Waals surface area contributed by atoms with Gasteiger partial charge in [-0.15, -0.1) is 0 Å². The Hall–Kier alpha value is -1.82. The summed E-state index contributed by atoms with van der Waals surface area (Å²) in [6.45, 7) is 6.82. The molecule has 0 radical (unpaired) electrons. The number of hydrogen-bond acceptors (Lipinski definition) is 5. The summed E-state index contributed by atoms with van der Waals surface area (Å²) in [6, 6.07) is 0. The predicted octanol–water partition coefficient (Wildman–Crippen LogP) is 2.26. The van der Waals surface area contributed by atoms with Crippen molar-refractivity contribution in [3.63, 3.8) is 0 Å². The molecule has 0 aromatic rings. The van der Waals surface area contributed by atoms with E-state index in [-0.39, 0.29) is 18.6 Å². The van der Waals surface area contributed by atoms with Crippen molar-refractivity contribution in [3.05, 3.63) is 23.3 Å². The van der Waals surface area contributed by atoms with Crippen molar-refractivity contribution in [3.8, 4) is 0 Å². The van der Waals surface area contributed by atoms with E-state index in [0.717, 1.165) is 18.4 Å². The zero-order valence-electron chi connectivity index (χ0n) is 14.8. The van der Waals surface area contributed by atoms with Crippen LogP contribution in [0.25, 0.3) is 0 Å². The van der Waals surface area contributed by atoms with Crippen molar-refractivity contribution >= 4 is 12.1 Å². The van der Waals surface area contributed by atoms with Gasteiger partial charge in [-0.25, -0.2) is 4.79 Å². The van der Waals surface area contributed by atoms with Gasteiger partial charge in [0.1, 0.15) is 5.60 Å². The number of esters is 1. The molecule has 0 atom stereocenters. The van der Waals surface area contributed by atoms with Crippen LogP contribution >= 0.6 is 0 Å². The first-order valence-corrected chi connectivity index (χ1v) is 7.82. The molecule has 0 aromatic heterocycles. The molecule has 130 valence electrons. The van der Waals surface area contributed by atoms with E-state index in [4.69, 9.17) is 4.74 Å². The molecule has 6 heteroatoms. The highest BCUT2D eigenvalue weighted by atomic mass is 16.6. The highest BCUT2D eigenvalue weighted by Gasteiger charge is 2.21. The molecule has 6 nitrogen and oxygen atoms in total. The summed E-state index contributed by atoms with van der Waals surface area (Å²) < 4.78 is 9.98. The van der Waals surface area contributed by atoms with Crippen LogP contribution < -0.4 is 5.32 Å². The van der Waals surface area contributed by atoms with Crippen molar-refractivity contribution in [2.24, 2.45) is 0 Å². The predicted molar refractivity (Wildman–Crippen MR) is 89.1 cm³/mol. The van der Waals surface area contributed by atoms with E-state index >= 15 is 0 Å². The van der Waals surface area contributed by atoms with Gasteiger partial charge in [0.05, 0.1) is 13.7 Å². The van der Waals surface area contributed by atoms with Crippen LogP contribution in [0.4, 0.5) is 4.79 Å². The number of nitrogens with zero attached hydrogens (tertiary/aromatic N) is 1. The highest BCUT2D eigenvalue weighted by molar-refractivity contribution is 5.71. The Morgan fingerprint density at radius 3 is 2.65 bits per heavy atom. The lowest BCUT2D eigenvalue weighted by Gasteiger charge is -2.26. The second-order valence-electron chi connectivity index (χ2n) is 6.59. The second-order valence-corrected chi connectivity index (χ2v) is 6.59. The number of ether oxygens (including phenoxy) is 2. The molecule has 1 amide bonds. The average molecular weight is 324 g/mol. The summed E-state index contributed by atoms with van der Waals surface area (Å²) >= 11 is 0. The smallest absolute Gasteiger partial charge is 0.410 e. The number of hydrogen-bond donors (Lipinski definition) is 1. The molecule has 1 aliphatic carbocycles. The maximum atomic E-state index is 12.1. The summed E-state index contributed by atoms with van der Waals surface area (Å²) in [5.74, 6) is -0.294. The molecule has 23 heavy (non-hydrogen) atoms. The third-order valence-corrected chi connectivity index (χ3v) is 3.33. The number of carbonyl (C=O) groups is 2. The Labute approximate surface area is 138 Å². The molecule has 0 saturated carbocycles. The lowest BCUT2D eigenvalue weighted by molar-refractivity contribution is -0.139. The van der Waals surface area contributed by atoms with Gasteiger partial charge in [-0.05, 0) is 44.8 Å². The Bertz CT molecular complexity index is 489. The third kappa shape index (κ3) is 7.32. The van der Waals surface area contributed by atoms with Gasteiger partial charge in [-0.3, -0.25) is 4.79 Å². The number of carbonyl (C=O) groups excluding carboxylic acids is 2. The van der Waals surface area contributed by atoms with Gasteiger partial charge in [0.2, 0.25) is 0 Å². The van der Waals surface area contributed by atoms with Crippen molar-refractivity contribution < 1.29 is 19.1 Å². The molecule has 0 unspecified atom stereocenters. The minimum absolute atomic E-state index is 0.170. The van der Waals surface area contributed by atoms with E-state index < -0.39 is 5.60 Å². The fraction of sp³-hybridized carbons (Fsp3) is 0.647. The quantitative estimate of drug-likeness (QED) is 0.759. The molecule has 0 spiro atoms. The van der Waals surface area contributed by atoms with Crippen molar-refractivity contribution in [2.75, 3.05) is 33.8 Å². The van der Waals surface area contributed by atoms with Gasteiger partial charge < -0.3 is 19.7 Å². The molecule has 0 saturated heterocycles. The van der Waals surface area contributed by atoms with Crippen molar-refractivity contribution in [1.29, 1.82) is 0 Å². The van der Waals surface area contributed by atoms with Crippen LogP contribution in [0.5, 0.6) is 0 Å². The normalized spacial score (nSPS) is 14.7. The number of allylic oxidation sites excluding steroid dienone is 1. The van der Waals surface area contributed by atoms with Crippen LogP contribution in [0, 0.1) is 0 Å². The van der Waals surface area contributed by atoms with Crippen LogP contribution in [-0.4, -0.2) is 56.4 Å². The van der Waals surface area contributed by atoms with Crippen molar-refractivity contribution in [1.82, 2.24) is 10.2 Å². The Balaban J connectivity index is 2.63. The number of likely N-dealkylation sites (N-methyl/N-ethyl adjacent to an activating group) is 1. The third-order valence-electron chi connectivity index (χ3n) is 3.33. The molecule has 1 aliphatic rings. The lowest BCUT2D eigenvalue weighted by atomic mass is 9.97. The zero-order chi connectivity index (χ0) is 17.5. The van der Waals surface area contributed by atoms with E-state index in [2.05, 4.69) is 16.1 Å². The summed E-state index contributed by atoms with van der Waals surface area (Å²) in [7, 11) is 3.10. The highest BCUT2D eigenvalue weighted by Crippen LogP contribution is 2.20. The van der Waals surface area contributed by atoms with Gasteiger partial charge >= 0.3 is 12.1 Å². The molecule has 0 aliphatic heterocycles. The van der Waals surface area contributed by atoms with E-state index in [1.54, 1.807) is 11.9 Å². The first-order valence-electron chi connectivity index (χ1n) is 7.82. The van der Waals surface area contributed by atoms with Gasteiger partial charge in [0.25, 0.3) is 0 Å². The van der Waals surface area contributed by atoms with Gasteiger partial charge in [-0.2, -0.15) is 0 Å². The van der Waals surface area contributed by atoms with Crippen molar-refractivity contribution in [2.45, 2.75) is 39.2 Å². The largest absolute Gasteiger partial charge is 0.468 e. The number of amides is 1. The average Bonchev–Trinajstić information content (AvgIpc) is 2.47. The van der Waals surface area contributed by atoms with E-state index in [9.17, 15) is 9.59 Å². The summed E-state index contributed by atoms with van der Waals surface area (Å²) in [6.07, 6.45) is 5.68. The molecule has 1 rings (SSSR count). The lowest BCUT2D eigenvalue weighted by Crippen LogP contribution is -2.36. The van der Waals surface area contributed by atoms with Crippen LogP contribution in [0.15, 0.2) is 23.3 Å². The second kappa shape index (κ2) is 8.72. The molecule has 0 fully saturated rings. The topological polar surface area (TPSA) is 67.9 Å². The standard InChI is InChI=1S/C17H28N2O4/c1-17(2,3)23-16(21)19(4)12-14-9-7-6-8-13(14)10-18-11-15(20)22-5/h6,8,18H,7,9-12H2,1-5H3. The fourth-order valence-electron chi connectivity index (χ4n) is 2.19. The maximum Gasteiger partial charge on any atom is 0.410 e. The first kappa shape index (κ1) is 19.2. The van der Waals surface area contributed by atoms with Gasteiger partial charge in [0.15, 0.2) is 0 Å². The van der Waals surface area contributed by atoms with E-state index in [0.29, 0.717) is 13.1 Å². The van der Waals surface area contributed by atoms with E-state index in [1.165, 1.54) is 12.7 Å². The monoisotopic (exact) mass is 324 g/mol. The molecule has 0 aromatic carbocycles. The molecular formula is C17H28N2O4. The summed E-state index contributed by atoms with van der Waals surface area (Å²) in [4.78, 5) is 24.8. The van der Waals surface area contributed by atoms with Crippen LogP contribution in [0.1, 0.15) is 33.6 Å². The van der Waals surface area contributed by atoms with Crippen LogP contribution in [0.2, 0.25) is 0 Å². The molecule has 0 bridgehead atoms. The number of methoxy groups -OCH3 is 1. The Morgan fingerprint density at radius 1 is 1.35 bits per heavy atom. The maximum absolute atomic E-state index is 12.1. The van der Waals surface area contributed by atoms with Gasteiger partial charge in [-0.1, -0.05) is 12.2 Å². The minimum Gasteiger partial charge on any atom is -0.468 e. The first-order chi connectivity index (χ1) is 10.7.